The Morgan fingerprint density at radius 3 is 2.29 bits per heavy atom. The first-order valence-electron chi connectivity index (χ1n) is 14.5. The highest BCUT2D eigenvalue weighted by Crippen LogP contribution is 2.44. The lowest BCUT2D eigenvalue weighted by Crippen LogP contribution is -2.41. The molecule has 0 saturated carbocycles. The lowest BCUT2D eigenvalue weighted by Gasteiger charge is -2.38. The van der Waals surface area contributed by atoms with Gasteiger partial charge in [0.1, 0.15) is 5.75 Å². The number of nitrogens with zero attached hydrogens (tertiary/aromatic N) is 1. The van der Waals surface area contributed by atoms with Crippen LogP contribution in [-0.2, 0) is 30.8 Å². The van der Waals surface area contributed by atoms with Gasteiger partial charge in [-0.25, -0.2) is 0 Å². The molecule has 2 atom stereocenters. The van der Waals surface area contributed by atoms with Crippen molar-refractivity contribution < 1.29 is 19.8 Å². The van der Waals surface area contributed by atoms with Crippen molar-refractivity contribution in [3.8, 4) is 5.75 Å². The molecule has 3 aromatic rings. The minimum Gasteiger partial charge on any atom is -0.508 e. The zero-order valence-corrected chi connectivity index (χ0v) is 26.5. The van der Waals surface area contributed by atoms with E-state index in [0.717, 1.165) is 29.5 Å². The van der Waals surface area contributed by atoms with Crippen molar-refractivity contribution in [1.29, 1.82) is 0 Å². The highest BCUT2D eigenvalue weighted by atomic mass is 28.4. The van der Waals surface area contributed by atoms with Crippen LogP contribution in [0.5, 0.6) is 5.75 Å². The molecule has 0 unspecified atom stereocenters. The molecule has 1 amide bonds. The van der Waals surface area contributed by atoms with E-state index < -0.39 is 8.32 Å². The number of carbonyl (C=O) groups excluding carboxylic acids is 1. The first-order valence-corrected chi connectivity index (χ1v) is 17.5. The Morgan fingerprint density at radius 1 is 0.976 bits per heavy atom. The third kappa shape index (κ3) is 9.53. The molecular formula is C34H48N2O4Si. The second-order valence-electron chi connectivity index (χ2n) is 12.6. The lowest BCUT2D eigenvalue weighted by atomic mass is 9.88. The first-order chi connectivity index (χ1) is 19.3. The van der Waals surface area contributed by atoms with E-state index in [1.54, 1.807) is 11.0 Å². The van der Waals surface area contributed by atoms with E-state index >= 15 is 0 Å². The number of hydrogen-bond acceptors (Lipinski definition) is 5. The van der Waals surface area contributed by atoms with Gasteiger partial charge in [-0.1, -0.05) is 74.5 Å². The molecular weight excluding hydrogens is 528 g/mol. The number of aliphatic hydroxyl groups is 1. The fourth-order valence-corrected chi connectivity index (χ4v) is 5.80. The number of phenols is 1. The molecule has 0 fully saturated rings. The second kappa shape index (κ2) is 14.3. The molecule has 0 saturated heterocycles. The molecule has 0 spiro atoms. The number of aromatic hydroxyl groups is 1. The largest absolute Gasteiger partial charge is 0.508 e. The van der Waals surface area contributed by atoms with Crippen molar-refractivity contribution in [2.45, 2.75) is 83.3 Å². The Morgan fingerprint density at radius 2 is 1.63 bits per heavy atom. The SMILES string of the molecule is C[C@H](Cc1cccc(CC(=O)N(C)Cc2ccccc2)c1)NC[C@H](CC(C)(C)[Si](C)(C)O)c1ccc(O)c(CO)c1. The predicted octanol–water partition coefficient (Wildman–Crippen LogP) is 5.76. The molecule has 3 aromatic carbocycles. The average Bonchev–Trinajstić information content (AvgIpc) is 2.91. The van der Waals surface area contributed by atoms with Gasteiger partial charge in [0.15, 0.2) is 8.32 Å². The molecule has 41 heavy (non-hydrogen) atoms. The zero-order valence-electron chi connectivity index (χ0n) is 25.5. The fraction of sp³-hybridized carbons (Fsp3) is 0.441. The normalized spacial score (nSPS) is 13.6. The van der Waals surface area contributed by atoms with Crippen molar-refractivity contribution in [1.82, 2.24) is 10.2 Å². The van der Waals surface area contributed by atoms with Crippen LogP contribution in [0.3, 0.4) is 0 Å². The van der Waals surface area contributed by atoms with Crippen molar-refractivity contribution in [3.63, 3.8) is 0 Å². The molecule has 3 rings (SSSR count). The van der Waals surface area contributed by atoms with Crippen LogP contribution in [0.2, 0.25) is 18.1 Å². The van der Waals surface area contributed by atoms with Gasteiger partial charge in [0.25, 0.3) is 0 Å². The fourth-order valence-electron chi connectivity index (χ4n) is 5.05. The number of carbonyl (C=O) groups is 1. The summed E-state index contributed by atoms with van der Waals surface area (Å²) in [4.78, 5) is 25.6. The molecule has 0 aliphatic heterocycles. The number of nitrogens with one attached hydrogen (secondary N) is 1. The van der Waals surface area contributed by atoms with E-state index in [0.29, 0.717) is 25.1 Å². The van der Waals surface area contributed by atoms with E-state index in [-0.39, 0.29) is 35.3 Å². The van der Waals surface area contributed by atoms with Crippen molar-refractivity contribution in [3.05, 3.63) is 101 Å². The van der Waals surface area contributed by atoms with Gasteiger partial charge < -0.3 is 25.2 Å². The maximum atomic E-state index is 12.9. The Kier molecular flexibility index (Phi) is 11.3. The third-order valence-electron chi connectivity index (χ3n) is 8.45. The minimum absolute atomic E-state index is 0.0918. The van der Waals surface area contributed by atoms with Gasteiger partial charge >= 0.3 is 0 Å². The summed E-state index contributed by atoms with van der Waals surface area (Å²) in [6.45, 7) is 11.5. The first kappa shape index (κ1) is 32.5. The number of rotatable bonds is 14. The summed E-state index contributed by atoms with van der Waals surface area (Å²) in [5, 5.41) is 23.3. The number of likely N-dealkylation sites (N-methyl/N-ethyl adjacent to an activating group) is 1. The summed E-state index contributed by atoms with van der Waals surface area (Å²) >= 11 is 0. The third-order valence-corrected chi connectivity index (χ3v) is 12.0. The standard InChI is InChI=1S/C34H48N2O4Si/c1-25(17-27-13-10-14-28(18-27)19-33(39)36(4)23-26-11-8-7-9-12-26)35-22-31(21-34(2,3)41(5,6)40)29-15-16-32(38)30(20-29)24-37/h7-16,18,20,25,31,35,37-38,40H,17,19,21-24H2,1-6H3/t25-,31+/m1/s1. The maximum absolute atomic E-state index is 12.9. The molecule has 4 N–H and O–H groups in total. The van der Waals surface area contributed by atoms with Crippen molar-refractivity contribution in [2.24, 2.45) is 0 Å². The summed E-state index contributed by atoms with van der Waals surface area (Å²) in [6, 6.07) is 23.9. The molecule has 0 bridgehead atoms. The Hall–Kier alpha value is -2.97. The summed E-state index contributed by atoms with van der Waals surface area (Å²) in [5.41, 5.74) is 4.85. The molecule has 0 aliphatic rings. The minimum atomic E-state index is -2.44. The van der Waals surface area contributed by atoms with Gasteiger partial charge in [-0.15, -0.1) is 0 Å². The highest BCUT2D eigenvalue weighted by Gasteiger charge is 2.40. The lowest BCUT2D eigenvalue weighted by molar-refractivity contribution is -0.129. The number of aliphatic hydroxyl groups excluding tert-OH is 1. The molecule has 0 radical (unpaired) electrons. The summed E-state index contributed by atoms with van der Waals surface area (Å²) in [5.74, 6) is 0.285. The van der Waals surface area contributed by atoms with Crippen LogP contribution in [0.25, 0.3) is 0 Å². The van der Waals surface area contributed by atoms with Crippen LogP contribution < -0.4 is 5.32 Å². The smallest absolute Gasteiger partial charge is 0.227 e. The van der Waals surface area contributed by atoms with E-state index in [4.69, 9.17) is 0 Å². The van der Waals surface area contributed by atoms with Crippen LogP contribution in [0.15, 0.2) is 72.8 Å². The van der Waals surface area contributed by atoms with Crippen LogP contribution in [0.1, 0.15) is 60.9 Å². The summed E-state index contributed by atoms with van der Waals surface area (Å²) in [7, 11) is -0.590. The second-order valence-corrected chi connectivity index (χ2v) is 17.1. The predicted molar refractivity (Wildman–Crippen MR) is 169 cm³/mol. The maximum Gasteiger partial charge on any atom is 0.227 e. The van der Waals surface area contributed by atoms with Gasteiger partial charge in [0, 0.05) is 31.7 Å². The average molecular weight is 577 g/mol. The van der Waals surface area contributed by atoms with Crippen molar-refractivity contribution in [2.75, 3.05) is 13.6 Å². The van der Waals surface area contributed by atoms with E-state index in [9.17, 15) is 19.8 Å². The van der Waals surface area contributed by atoms with Crippen LogP contribution in [-0.4, -0.2) is 53.8 Å². The number of benzene rings is 3. The zero-order chi connectivity index (χ0) is 30.2. The van der Waals surface area contributed by atoms with Crippen molar-refractivity contribution >= 4 is 14.2 Å². The van der Waals surface area contributed by atoms with Gasteiger partial charge in [-0.05, 0) is 78.2 Å². The highest BCUT2D eigenvalue weighted by molar-refractivity contribution is 6.72. The molecule has 0 aromatic heterocycles. The molecule has 7 heteroatoms. The van der Waals surface area contributed by atoms with Gasteiger partial charge in [-0.3, -0.25) is 4.79 Å². The van der Waals surface area contributed by atoms with Gasteiger partial charge in [-0.2, -0.15) is 0 Å². The molecule has 6 nitrogen and oxygen atoms in total. The Bertz CT molecular complexity index is 1270. The van der Waals surface area contributed by atoms with Crippen LogP contribution >= 0.6 is 0 Å². The van der Waals surface area contributed by atoms with Gasteiger partial charge in [0.05, 0.1) is 13.0 Å². The topological polar surface area (TPSA) is 93.0 Å². The van der Waals surface area contributed by atoms with Crippen LogP contribution in [0.4, 0.5) is 0 Å². The number of amides is 1. The molecule has 222 valence electrons. The molecule has 0 heterocycles. The van der Waals surface area contributed by atoms with E-state index in [2.05, 4.69) is 38.2 Å². The van der Waals surface area contributed by atoms with Crippen LogP contribution in [0, 0.1) is 0 Å². The van der Waals surface area contributed by atoms with E-state index in [1.165, 1.54) is 5.56 Å². The quantitative estimate of drug-likeness (QED) is 0.183. The summed E-state index contributed by atoms with van der Waals surface area (Å²) < 4.78 is 0. The Balaban J connectivity index is 1.65. The van der Waals surface area contributed by atoms with Gasteiger partial charge in [0.2, 0.25) is 5.91 Å². The van der Waals surface area contributed by atoms with E-state index in [1.807, 2.05) is 74.7 Å². The monoisotopic (exact) mass is 576 g/mol. The molecule has 0 aliphatic carbocycles. The number of hydrogen-bond donors (Lipinski definition) is 4. The summed E-state index contributed by atoms with van der Waals surface area (Å²) in [6.07, 6.45) is 1.97. The Labute approximate surface area is 247 Å².